The molecule has 1 atom stereocenters. The van der Waals surface area contributed by atoms with Crippen LogP contribution in [0.2, 0.25) is 0 Å². The van der Waals surface area contributed by atoms with Crippen LogP contribution in [0.4, 0.5) is 5.69 Å². The predicted octanol–water partition coefficient (Wildman–Crippen LogP) is 1.81. The van der Waals surface area contributed by atoms with E-state index in [1.54, 1.807) is 0 Å². The first-order valence-corrected chi connectivity index (χ1v) is 8.57. The summed E-state index contributed by atoms with van der Waals surface area (Å²) in [6.45, 7) is 3.80. The van der Waals surface area contributed by atoms with E-state index in [-0.39, 0.29) is 11.8 Å². The number of anilines is 1. The summed E-state index contributed by atoms with van der Waals surface area (Å²) < 4.78 is 7.43. The first-order chi connectivity index (χ1) is 11.8. The van der Waals surface area contributed by atoms with Gasteiger partial charge in [-0.2, -0.15) is 5.10 Å². The SMILES string of the molecule is O=C(NCc1cc2n(n1)CCCO2)C1CCN(c2ccccc2)C1. The number of aromatic nitrogens is 2. The molecule has 2 aliphatic rings. The summed E-state index contributed by atoms with van der Waals surface area (Å²) in [5.41, 5.74) is 2.05. The molecule has 0 saturated carbocycles. The number of fused-ring (bicyclic) bond motifs is 1. The molecule has 126 valence electrons. The number of hydrogen-bond acceptors (Lipinski definition) is 4. The summed E-state index contributed by atoms with van der Waals surface area (Å²) in [4.78, 5) is 14.7. The maximum absolute atomic E-state index is 12.4. The Hall–Kier alpha value is -2.50. The van der Waals surface area contributed by atoms with Crippen LogP contribution in [0.3, 0.4) is 0 Å². The molecule has 1 fully saturated rings. The molecule has 3 heterocycles. The van der Waals surface area contributed by atoms with E-state index in [1.807, 2.05) is 28.9 Å². The van der Waals surface area contributed by atoms with E-state index < -0.39 is 0 Å². The third-order valence-corrected chi connectivity index (χ3v) is 4.68. The van der Waals surface area contributed by atoms with Crippen molar-refractivity contribution in [1.82, 2.24) is 15.1 Å². The highest BCUT2D eigenvalue weighted by atomic mass is 16.5. The van der Waals surface area contributed by atoms with Crippen LogP contribution in [0, 0.1) is 5.92 Å². The molecule has 0 bridgehead atoms. The quantitative estimate of drug-likeness (QED) is 0.931. The first-order valence-electron chi connectivity index (χ1n) is 8.57. The van der Waals surface area contributed by atoms with Crippen LogP contribution in [0.1, 0.15) is 18.5 Å². The number of amides is 1. The molecule has 24 heavy (non-hydrogen) atoms. The van der Waals surface area contributed by atoms with Crippen molar-refractivity contribution in [3.8, 4) is 5.88 Å². The molecule has 0 spiro atoms. The Morgan fingerprint density at radius 3 is 3.00 bits per heavy atom. The van der Waals surface area contributed by atoms with Gasteiger partial charge in [0.15, 0.2) is 0 Å². The van der Waals surface area contributed by atoms with E-state index in [4.69, 9.17) is 4.74 Å². The van der Waals surface area contributed by atoms with Crippen LogP contribution < -0.4 is 15.0 Å². The van der Waals surface area contributed by atoms with E-state index in [0.29, 0.717) is 6.54 Å². The van der Waals surface area contributed by atoms with Gasteiger partial charge >= 0.3 is 0 Å². The lowest BCUT2D eigenvalue weighted by molar-refractivity contribution is -0.124. The number of benzene rings is 1. The molecule has 0 radical (unpaired) electrons. The van der Waals surface area contributed by atoms with Gasteiger partial charge in [0, 0.05) is 37.8 Å². The molecule has 1 amide bonds. The Morgan fingerprint density at radius 1 is 1.29 bits per heavy atom. The number of hydrogen-bond donors (Lipinski definition) is 1. The normalized spacial score (nSPS) is 19.7. The van der Waals surface area contributed by atoms with Crippen molar-refractivity contribution in [1.29, 1.82) is 0 Å². The summed E-state index contributed by atoms with van der Waals surface area (Å²) in [5, 5.41) is 7.50. The largest absolute Gasteiger partial charge is 0.478 e. The van der Waals surface area contributed by atoms with Crippen LogP contribution in [-0.4, -0.2) is 35.4 Å². The molecule has 1 unspecified atom stereocenters. The second-order valence-electron chi connectivity index (χ2n) is 6.38. The number of aryl methyl sites for hydroxylation is 1. The Morgan fingerprint density at radius 2 is 2.17 bits per heavy atom. The monoisotopic (exact) mass is 326 g/mol. The zero-order chi connectivity index (χ0) is 16.4. The van der Waals surface area contributed by atoms with Gasteiger partial charge < -0.3 is 15.0 Å². The number of nitrogens with zero attached hydrogens (tertiary/aromatic N) is 3. The van der Waals surface area contributed by atoms with Gasteiger partial charge in [0.2, 0.25) is 11.8 Å². The van der Waals surface area contributed by atoms with Gasteiger partial charge in [0.1, 0.15) is 0 Å². The third kappa shape index (κ3) is 3.09. The molecule has 6 nitrogen and oxygen atoms in total. The van der Waals surface area contributed by atoms with Crippen LogP contribution in [0.25, 0.3) is 0 Å². The summed E-state index contributed by atoms with van der Waals surface area (Å²) in [7, 11) is 0. The Labute approximate surface area is 141 Å². The zero-order valence-electron chi connectivity index (χ0n) is 13.6. The molecule has 0 aliphatic carbocycles. The van der Waals surface area contributed by atoms with Crippen LogP contribution in [-0.2, 0) is 17.9 Å². The van der Waals surface area contributed by atoms with Gasteiger partial charge in [-0.25, -0.2) is 4.68 Å². The minimum absolute atomic E-state index is 0.0405. The highest BCUT2D eigenvalue weighted by Crippen LogP contribution is 2.24. The molecule has 1 N–H and O–H groups in total. The Bertz CT molecular complexity index is 690. The minimum atomic E-state index is 0.0405. The lowest BCUT2D eigenvalue weighted by atomic mass is 10.1. The highest BCUT2D eigenvalue weighted by Gasteiger charge is 2.28. The molecule has 6 heteroatoms. The van der Waals surface area contributed by atoms with Gasteiger partial charge in [-0.15, -0.1) is 0 Å². The summed E-state index contributed by atoms with van der Waals surface area (Å²) in [6, 6.07) is 12.2. The number of rotatable bonds is 4. The van der Waals surface area contributed by atoms with E-state index in [2.05, 4.69) is 27.4 Å². The molecule has 4 rings (SSSR count). The highest BCUT2D eigenvalue weighted by molar-refractivity contribution is 5.80. The second-order valence-corrected chi connectivity index (χ2v) is 6.38. The number of nitrogens with one attached hydrogen (secondary N) is 1. The van der Waals surface area contributed by atoms with Crippen molar-refractivity contribution in [3.05, 3.63) is 42.1 Å². The lowest BCUT2D eigenvalue weighted by Crippen LogP contribution is -2.32. The van der Waals surface area contributed by atoms with Gasteiger partial charge in [0.25, 0.3) is 0 Å². The van der Waals surface area contributed by atoms with Gasteiger partial charge in [-0.1, -0.05) is 18.2 Å². The van der Waals surface area contributed by atoms with Crippen molar-refractivity contribution in [3.63, 3.8) is 0 Å². The fraction of sp³-hybridized carbons (Fsp3) is 0.444. The van der Waals surface area contributed by atoms with Crippen molar-refractivity contribution >= 4 is 11.6 Å². The third-order valence-electron chi connectivity index (χ3n) is 4.68. The summed E-state index contributed by atoms with van der Waals surface area (Å²) >= 11 is 0. The van der Waals surface area contributed by atoms with Crippen LogP contribution in [0.5, 0.6) is 5.88 Å². The van der Waals surface area contributed by atoms with Crippen molar-refractivity contribution in [2.45, 2.75) is 25.9 Å². The van der Waals surface area contributed by atoms with E-state index in [1.165, 1.54) is 5.69 Å². The predicted molar refractivity (Wildman–Crippen MR) is 90.9 cm³/mol. The van der Waals surface area contributed by atoms with Crippen LogP contribution in [0.15, 0.2) is 36.4 Å². The smallest absolute Gasteiger partial charge is 0.225 e. The number of carbonyl (C=O) groups is 1. The Balaban J connectivity index is 1.31. The van der Waals surface area contributed by atoms with E-state index >= 15 is 0 Å². The first kappa shape index (κ1) is 15.1. The zero-order valence-corrected chi connectivity index (χ0v) is 13.6. The van der Waals surface area contributed by atoms with Crippen molar-refractivity contribution in [2.75, 3.05) is 24.6 Å². The fourth-order valence-corrected chi connectivity index (χ4v) is 3.37. The summed E-state index contributed by atoms with van der Waals surface area (Å²) in [5.74, 6) is 0.959. The molecular weight excluding hydrogens is 304 g/mol. The summed E-state index contributed by atoms with van der Waals surface area (Å²) in [6.07, 6.45) is 1.88. The number of carbonyl (C=O) groups excluding carboxylic acids is 1. The van der Waals surface area contributed by atoms with E-state index in [9.17, 15) is 4.79 Å². The number of ether oxygens (including phenoxy) is 1. The van der Waals surface area contributed by atoms with Crippen molar-refractivity contribution in [2.24, 2.45) is 5.92 Å². The number of para-hydroxylation sites is 1. The molecule has 1 aromatic heterocycles. The topological polar surface area (TPSA) is 59.4 Å². The van der Waals surface area contributed by atoms with Gasteiger partial charge in [0.05, 0.1) is 24.8 Å². The van der Waals surface area contributed by atoms with Crippen LogP contribution >= 0.6 is 0 Å². The maximum atomic E-state index is 12.4. The Kier molecular flexibility index (Phi) is 4.11. The molecular formula is C18H22N4O2. The average Bonchev–Trinajstić information content (AvgIpc) is 3.27. The molecule has 1 aromatic carbocycles. The van der Waals surface area contributed by atoms with Gasteiger partial charge in [-0.3, -0.25) is 4.79 Å². The molecule has 1 saturated heterocycles. The van der Waals surface area contributed by atoms with Crippen molar-refractivity contribution < 1.29 is 9.53 Å². The second kappa shape index (κ2) is 6.55. The van der Waals surface area contributed by atoms with E-state index in [0.717, 1.165) is 50.7 Å². The average molecular weight is 326 g/mol. The lowest BCUT2D eigenvalue weighted by Gasteiger charge is -2.18. The minimum Gasteiger partial charge on any atom is -0.478 e. The molecule has 2 aromatic rings. The van der Waals surface area contributed by atoms with Gasteiger partial charge in [-0.05, 0) is 18.6 Å². The maximum Gasteiger partial charge on any atom is 0.225 e. The standard InChI is InChI=1S/C18H22N4O2/c23-18(14-7-9-21(13-14)16-5-2-1-3-6-16)19-12-15-11-17-22(20-15)8-4-10-24-17/h1-3,5-6,11,14H,4,7-10,12-13H2,(H,19,23). The fourth-order valence-electron chi connectivity index (χ4n) is 3.37. The molecule has 2 aliphatic heterocycles.